The summed E-state index contributed by atoms with van der Waals surface area (Å²) in [6, 6.07) is 4.10. The maximum Gasteiger partial charge on any atom is 0.573 e. The van der Waals surface area contributed by atoms with Crippen molar-refractivity contribution in [3.05, 3.63) is 23.8 Å². The molecule has 0 aliphatic rings. The van der Waals surface area contributed by atoms with E-state index >= 15 is 0 Å². The predicted octanol–water partition coefficient (Wildman–Crippen LogP) is 2.31. The Hall–Kier alpha value is -1.92. The maximum absolute atomic E-state index is 12.3. The van der Waals surface area contributed by atoms with E-state index in [1.54, 1.807) is 0 Å². The molecule has 0 aromatic heterocycles. The van der Waals surface area contributed by atoms with Crippen molar-refractivity contribution >= 4 is 5.97 Å². The highest BCUT2D eigenvalue weighted by molar-refractivity contribution is 5.74. The second kappa shape index (κ2) is 5.61. The molecule has 0 aliphatic heterocycles. The summed E-state index contributed by atoms with van der Waals surface area (Å²) in [7, 11) is 2.35. The summed E-state index contributed by atoms with van der Waals surface area (Å²) in [4.78, 5) is 11.1. The number of halogens is 3. The van der Waals surface area contributed by atoms with Crippen LogP contribution in [0.3, 0.4) is 0 Å². The quantitative estimate of drug-likeness (QED) is 0.783. The van der Waals surface area contributed by atoms with Crippen molar-refractivity contribution in [3.63, 3.8) is 0 Å². The summed E-state index contributed by atoms with van der Waals surface area (Å²) in [6.07, 6.45) is -5.20. The van der Waals surface area contributed by atoms with Gasteiger partial charge in [-0.05, 0) is 6.07 Å². The number of methoxy groups -OCH3 is 2. The molecule has 7 heteroatoms. The van der Waals surface area contributed by atoms with Gasteiger partial charge in [0.25, 0.3) is 0 Å². The summed E-state index contributed by atoms with van der Waals surface area (Å²) in [5.74, 6) is -1.30. The average Bonchev–Trinajstić information content (AvgIpc) is 2.29. The Balaban J connectivity index is 3.12. The van der Waals surface area contributed by atoms with Gasteiger partial charge in [-0.3, -0.25) is 4.79 Å². The first kappa shape index (κ1) is 14.1. The van der Waals surface area contributed by atoms with Crippen LogP contribution in [0.25, 0.3) is 0 Å². The van der Waals surface area contributed by atoms with E-state index < -0.39 is 18.1 Å². The standard InChI is InChI=1S/C11H11F3O4/c1-16-8-5-3-4-7(6-9(15)17-2)10(8)18-11(12,13)14/h3-5H,6H2,1-2H3. The lowest BCUT2D eigenvalue weighted by Gasteiger charge is -2.15. The molecule has 0 heterocycles. The van der Waals surface area contributed by atoms with Crippen LogP contribution in [0.15, 0.2) is 18.2 Å². The van der Waals surface area contributed by atoms with Gasteiger partial charge in [0.05, 0.1) is 20.6 Å². The van der Waals surface area contributed by atoms with E-state index in [9.17, 15) is 18.0 Å². The van der Waals surface area contributed by atoms with Gasteiger partial charge in [0, 0.05) is 5.56 Å². The number of carbonyl (C=O) groups is 1. The average molecular weight is 264 g/mol. The van der Waals surface area contributed by atoms with Gasteiger partial charge in [0.15, 0.2) is 11.5 Å². The zero-order valence-electron chi connectivity index (χ0n) is 9.71. The highest BCUT2D eigenvalue weighted by Crippen LogP contribution is 2.35. The first-order chi connectivity index (χ1) is 8.37. The Morgan fingerprint density at radius 2 is 1.94 bits per heavy atom. The topological polar surface area (TPSA) is 44.8 Å². The van der Waals surface area contributed by atoms with Crippen LogP contribution in [0.2, 0.25) is 0 Å². The Labute approximate surface area is 101 Å². The molecule has 0 amide bonds. The Morgan fingerprint density at radius 1 is 1.28 bits per heavy atom. The largest absolute Gasteiger partial charge is 0.573 e. The monoisotopic (exact) mass is 264 g/mol. The van der Waals surface area contributed by atoms with Crippen LogP contribution in [0.4, 0.5) is 13.2 Å². The van der Waals surface area contributed by atoms with Gasteiger partial charge >= 0.3 is 12.3 Å². The lowest BCUT2D eigenvalue weighted by atomic mass is 10.1. The number of carbonyl (C=O) groups excluding carboxylic acids is 1. The summed E-state index contributed by atoms with van der Waals surface area (Å²) in [5, 5.41) is 0. The van der Waals surface area contributed by atoms with Crippen LogP contribution in [-0.2, 0) is 16.0 Å². The number of alkyl halides is 3. The van der Waals surface area contributed by atoms with Gasteiger partial charge < -0.3 is 14.2 Å². The molecule has 0 N–H and O–H groups in total. The molecular formula is C11H11F3O4. The number of hydrogen-bond donors (Lipinski definition) is 0. The second-order valence-corrected chi connectivity index (χ2v) is 3.25. The molecule has 100 valence electrons. The van der Waals surface area contributed by atoms with Crippen LogP contribution in [-0.4, -0.2) is 26.6 Å². The fraction of sp³-hybridized carbons (Fsp3) is 0.364. The molecule has 1 rings (SSSR count). The first-order valence-corrected chi connectivity index (χ1v) is 4.86. The summed E-state index contributed by atoms with van der Waals surface area (Å²) >= 11 is 0. The number of para-hydroxylation sites is 1. The normalized spacial score (nSPS) is 10.9. The van der Waals surface area contributed by atoms with Gasteiger partial charge in [0.2, 0.25) is 0 Å². The predicted molar refractivity (Wildman–Crippen MR) is 55.4 cm³/mol. The molecule has 0 radical (unpaired) electrons. The summed E-state index contributed by atoms with van der Waals surface area (Å²) in [5.41, 5.74) is 0.0403. The number of esters is 1. The third-order valence-corrected chi connectivity index (χ3v) is 2.06. The molecule has 1 aromatic rings. The Kier molecular flexibility index (Phi) is 4.41. The van der Waals surface area contributed by atoms with E-state index in [-0.39, 0.29) is 17.7 Å². The van der Waals surface area contributed by atoms with Crippen molar-refractivity contribution in [2.24, 2.45) is 0 Å². The van der Waals surface area contributed by atoms with Crippen molar-refractivity contribution in [1.29, 1.82) is 0 Å². The SMILES string of the molecule is COC(=O)Cc1cccc(OC)c1OC(F)(F)F. The maximum atomic E-state index is 12.3. The zero-order chi connectivity index (χ0) is 13.8. The molecule has 4 nitrogen and oxygen atoms in total. The minimum Gasteiger partial charge on any atom is -0.493 e. The van der Waals surface area contributed by atoms with E-state index in [1.807, 2.05) is 0 Å². The highest BCUT2D eigenvalue weighted by Gasteiger charge is 2.34. The van der Waals surface area contributed by atoms with Crippen LogP contribution < -0.4 is 9.47 Å². The third-order valence-electron chi connectivity index (χ3n) is 2.06. The number of rotatable bonds is 4. The number of ether oxygens (including phenoxy) is 3. The van der Waals surface area contributed by atoms with Crippen molar-refractivity contribution in [2.45, 2.75) is 12.8 Å². The van der Waals surface area contributed by atoms with Gasteiger partial charge in [-0.2, -0.15) is 0 Å². The number of benzene rings is 1. The molecular weight excluding hydrogens is 253 g/mol. The second-order valence-electron chi connectivity index (χ2n) is 3.25. The molecule has 0 atom stereocenters. The van der Waals surface area contributed by atoms with Crippen LogP contribution in [0.1, 0.15) is 5.56 Å². The molecule has 0 saturated carbocycles. The van der Waals surface area contributed by atoms with Gasteiger partial charge in [0.1, 0.15) is 0 Å². The minimum atomic E-state index is -4.86. The van der Waals surface area contributed by atoms with Gasteiger partial charge in [-0.25, -0.2) is 0 Å². The van der Waals surface area contributed by atoms with Crippen LogP contribution in [0, 0.1) is 0 Å². The van der Waals surface area contributed by atoms with E-state index in [0.29, 0.717) is 0 Å². The minimum absolute atomic E-state index is 0.0403. The Bertz CT molecular complexity index is 429. The zero-order valence-corrected chi connectivity index (χ0v) is 9.71. The molecule has 0 fully saturated rings. The third kappa shape index (κ3) is 3.83. The molecule has 0 bridgehead atoms. The summed E-state index contributed by atoms with van der Waals surface area (Å²) < 4.78 is 49.8. The molecule has 1 aromatic carbocycles. The van der Waals surface area contributed by atoms with Crippen molar-refractivity contribution < 1.29 is 32.2 Å². The van der Waals surface area contributed by atoms with Crippen molar-refractivity contribution in [2.75, 3.05) is 14.2 Å². The van der Waals surface area contributed by atoms with E-state index in [2.05, 4.69) is 9.47 Å². The molecule has 0 unspecified atom stereocenters. The fourth-order valence-corrected chi connectivity index (χ4v) is 1.32. The van der Waals surface area contributed by atoms with Gasteiger partial charge in [-0.1, -0.05) is 12.1 Å². The van der Waals surface area contributed by atoms with Gasteiger partial charge in [-0.15, -0.1) is 13.2 Å². The van der Waals surface area contributed by atoms with E-state index in [1.165, 1.54) is 25.3 Å². The van der Waals surface area contributed by atoms with Crippen LogP contribution >= 0.6 is 0 Å². The summed E-state index contributed by atoms with van der Waals surface area (Å²) in [6.45, 7) is 0. The molecule has 0 saturated heterocycles. The first-order valence-electron chi connectivity index (χ1n) is 4.86. The Morgan fingerprint density at radius 3 is 2.44 bits per heavy atom. The smallest absolute Gasteiger partial charge is 0.493 e. The molecule has 18 heavy (non-hydrogen) atoms. The van der Waals surface area contributed by atoms with E-state index in [0.717, 1.165) is 7.11 Å². The fourth-order valence-electron chi connectivity index (χ4n) is 1.32. The van der Waals surface area contributed by atoms with Crippen molar-refractivity contribution in [1.82, 2.24) is 0 Å². The van der Waals surface area contributed by atoms with E-state index in [4.69, 9.17) is 4.74 Å². The molecule has 0 spiro atoms. The number of hydrogen-bond acceptors (Lipinski definition) is 4. The lowest BCUT2D eigenvalue weighted by molar-refractivity contribution is -0.275. The molecule has 0 aliphatic carbocycles. The highest BCUT2D eigenvalue weighted by atomic mass is 19.4. The van der Waals surface area contributed by atoms with Crippen LogP contribution in [0.5, 0.6) is 11.5 Å². The van der Waals surface area contributed by atoms with Crippen molar-refractivity contribution in [3.8, 4) is 11.5 Å². The lowest BCUT2D eigenvalue weighted by Crippen LogP contribution is -2.19.